The van der Waals surface area contributed by atoms with E-state index in [1.165, 1.54) is 0 Å². The lowest BCUT2D eigenvalue weighted by Gasteiger charge is -2.34. The first kappa shape index (κ1) is 20.0. The topological polar surface area (TPSA) is 83.6 Å². The normalized spacial score (nSPS) is 15.6. The molecule has 0 saturated carbocycles. The van der Waals surface area contributed by atoms with E-state index in [-0.39, 0.29) is 11.8 Å². The number of aromatic nitrogens is 1. The Morgan fingerprint density at radius 1 is 1.14 bits per heavy atom. The molecule has 2 aromatic rings. The third kappa shape index (κ3) is 4.37. The maximum Gasteiger partial charge on any atom is 0.258 e. The Morgan fingerprint density at radius 2 is 1.79 bits per heavy atom. The molecule has 0 spiro atoms. The minimum atomic E-state index is -0.748. The van der Waals surface area contributed by atoms with Gasteiger partial charge in [-0.15, -0.1) is 0 Å². The summed E-state index contributed by atoms with van der Waals surface area (Å²) in [4.78, 5) is 30.7. The zero-order valence-electron chi connectivity index (χ0n) is 16.3. The van der Waals surface area contributed by atoms with Crippen LogP contribution in [0.3, 0.4) is 0 Å². The summed E-state index contributed by atoms with van der Waals surface area (Å²) in [5, 5.41) is 6.22. The molecular formula is C21H26N4O3. The molecule has 0 unspecified atom stereocenters. The van der Waals surface area contributed by atoms with Crippen molar-refractivity contribution in [3.05, 3.63) is 59.9 Å². The van der Waals surface area contributed by atoms with E-state index in [9.17, 15) is 9.59 Å². The van der Waals surface area contributed by atoms with E-state index < -0.39 is 5.60 Å². The fourth-order valence-electron chi connectivity index (χ4n) is 3.34. The number of carbonyl (C=O) groups excluding carboxylic acids is 2. The summed E-state index contributed by atoms with van der Waals surface area (Å²) < 4.78 is 5.55. The van der Waals surface area contributed by atoms with E-state index in [4.69, 9.17) is 4.74 Å². The predicted octanol–water partition coefficient (Wildman–Crippen LogP) is 1.74. The summed E-state index contributed by atoms with van der Waals surface area (Å²) in [6.45, 7) is 1.96. The number of piperidine rings is 1. The molecule has 28 heavy (non-hydrogen) atoms. The minimum absolute atomic E-state index is 0.0782. The largest absolute Gasteiger partial charge is 0.368 e. The second kappa shape index (κ2) is 8.95. The highest BCUT2D eigenvalue weighted by molar-refractivity contribution is 6.05. The molecule has 0 atom stereocenters. The molecule has 2 N–H and O–H groups in total. The number of anilines is 1. The lowest BCUT2D eigenvalue weighted by molar-refractivity contribution is -0.146. The molecule has 148 valence electrons. The Morgan fingerprint density at radius 3 is 2.39 bits per heavy atom. The van der Waals surface area contributed by atoms with E-state index in [2.05, 4.69) is 15.6 Å². The number of hydrogen-bond acceptors (Lipinski definition) is 5. The molecule has 7 nitrogen and oxygen atoms in total. The second-order valence-corrected chi connectivity index (χ2v) is 6.90. The number of pyridine rings is 1. The van der Waals surface area contributed by atoms with Gasteiger partial charge in [-0.2, -0.15) is 0 Å². The molecule has 3 rings (SSSR count). The standard InChI is InChI=1S/C21H26N4O3/c1-25(19(26)17-7-11-22-12-8-17)18-5-3-16(4-6-18)15-24-20(27)21(28-2)9-13-23-14-10-21/h3-8,11-12,23H,9-10,13-15H2,1-2H3,(H,24,27). The molecule has 1 aliphatic rings. The van der Waals surface area contributed by atoms with Gasteiger partial charge in [-0.1, -0.05) is 12.1 Å². The number of methoxy groups -OCH3 is 1. The number of hydrogen-bond donors (Lipinski definition) is 2. The van der Waals surface area contributed by atoms with Crippen LogP contribution in [0.15, 0.2) is 48.8 Å². The van der Waals surface area contributed by atoms with Crippen molar-refractivity contribution in [2.75, 3.05) is 32.1 Å². The lowest BCUT2D eigenvalue weighted by Crippen LogP contribution is -2.53. The smallest absolute Gasteiger partial charge is 0.258 e. The van der Waals surface area contributed by atoms with Crippen molar-refractivity contribution in [3.8, 4) is 0 Å². The molecule has 0 aliphatic carbocycles. The van der Waals surface area contributed by atoms with Gasteiger partial charge >= 0.3 is 0 Å². The summed E-state index contributed by atoms with van der Waals surface area (Å²) in [7, 11) is 3.33. The van der Waals surface area contributed by atoms with Crippen molar-refractivity contribution in [3.63, 3.8) is 0 Å². The molecular weight excluding hydrogens is 356 g/mol. The van der Waals surface area contributed by atoms with Crippen LogP contribution in [0.25, 0.3) is 0 Å². The number of amides is 2. The molecule has 1 aliphatic heterocycles. The molecule has 2 amide bonds. The van der Waals surface area contributed by atoms with Crippen LogP contribution in [-0.2, 0) is 16.1 Å². The first-order valence-electron chi connectivity index (χ1n) is 9.37. The molecule has 7 heteroatoms. The number of ether oxygens (including phenoxy) is 1. The average molecular weight is 382 g/mol. The first-order valence-corrected chi connectivity index (χ1v) is 9.37. The Hall–Kier alpha value is -2.77. The summed E-state index contributed by atoms with van der Waals surface area (Å²) in [5.41, 5.74) is 1.58. The zero-order chi connectivity index (χ0) is 20.0. The van der Waals surface area contributed by atoms with Crippen LogP contribution in [0.2, 0.25) is 0 Å². The van der Waals surface area contributed by atoms with Gasteiger partial charge in [0.15, 0.2) is 0 Å². The maximum atomic E-state index is 12.6. The number of carbonyl (C=O) groups is 2. The SMILES string of the molecule is COC1(C(=O)NCc2ccc(N(C)C(=O)c3ccncc3)cc2)CCNCC1. The van der Waals surface area contributed by atoms with Gasteiger partial charge in [0.1, 0.15) is 5.60 Å². The van der Waals surface area contributed by atoms with E-state index in [1.54, 1.807) is 43.6 Å². The van der Waals surface area contributed by atoms with Crippen LogP contribution >= 0.6 is 0 Å². The highest BCUT2D eigenvalue weighted by Gasteiger charge is 2.39. The van der Waals surface area contributed by atoms with E-state index >= 15 is 0 Å². The monoisotopic (exact) mass is 382 g/mol. The van der Waals surface area contributed by atoms with Gasteiger partial charge in [0.25, 0.3) is 11.8 Å². The predicted molar refractivity (Wildman–Crippen MR) is 107 cm³/mol. The lowest BCUT2D eigenvalue weighted by atomic mass is 9.91. The van der Waals surface area contributed by atoms with Crippen LogP contribution in [0.5, 0.6) is 0 Å². The maximum absolute atomic E-state index is 12.6. The zero-order valence-corrected chi connectivity index (χ0v) is 16.3. The van der Waals surface area contributed by atoms with Gasteiger partial charge in [0.2, 0.25) is 0 Å². The molecule has 0 bridgehead atoms. The van der Waals surface area contributed by atoms with E-state index in [1.807, 2.05) is 24.3 Å². The molecule has 1 aromatic carbocycles. The Bertz CT molecular complexity index is 802. The number of benzene rings is 1. The van der Waals surface area contributed by atoms with Gasteiger partial charge in [-0.3, -0.25) is 14.6 Å². The van der Waals surface area contributed by atoms with Crippen LogP contribution < -0.4 is 15.5 Å². The summed E-state index contributed by atoms with van der Waals surface area (Å²) >= 11 is 0. The fourth-order valence-corrected chi connectivity index (χ4v) is 3.34. The third-order valence-corrected chi connectivity index (χ3v) is 5.22. The average Bonchev–Trinajstić information content (AvgIpc) is 2.77. The molecule has 1 fully saturated rings. The number of rotatable bonds is 6. The minimum Gasteiger partial charge on any atom is -0.368 e. The third-order valence-electron chi connectivity index (χ3n) is 5.22. The number of nitrogens with one attached hydrogen (secondary N) is 2. The van der Waals surface area contributed by atoms with Gasteiger partial charge in [-0.25, -0.2) is 0 Å². The van der Waals surface area contributed by atoms with Crippen molar-refractivity contribution in [2.45, 2.75) is 25.0 Å². The first-order chi connectivity index (χ1) is 13.6. The molecule has 0 radical (unpaired) electrons. The van der Waals surface area contributed by atoms with Crippen molar-refractivity contribution in [1.82, 2.24) is 15.6 Å². The van der Waals surface area contributed by atoms with Crippen LogP contribution in [-0.4, -0.2) is 49.6 Å². The Kier molecular flexibility index (Phi) is 6.38. The van der Waals surface area contributed by atoms with Crippen LogP contribution in [0.4, 0.5) is 5.69 Å². The molecule has 2 heterocycles. The van der Waals surface area contributed by atoms with E-state index in [0.717, 1.165) is 24.3 Å². The van der Waals surface area contributed by atoms with Crippen molar-refractivity contribution >= 4 is 17.5 Å². The Labute approximate surface area is 165 Å². The quantitative estimate of drug-likeness (QED) is 0.795. The number of nitrogens with zero attached hydrogens (tertiary/aromatic N) is 2. The Balaban J connectivity index is 1.60. The summed E-state index contributed by atoms with van der Waals surface area (Å²) in [6, 6.07) is 10.9. The van der Waals surface area contributed by atoms with Crippen LogP contribution in [0, 0.1) is 0 Å². The second-order valence-electron chi connectivity index (χ2n) is 6.90. The van der Waals surface area contributed by atoms with Gasteiger partial charge in [0, 0.05) is 44.3 Å². The van der Waals surface area contributed by atoms with Crippen molar-refractivity contribution < 1.29 is 14.3 Å². The molecule has 1 saturated heterocycles. The van der Waals surface area contributed by atoms with Crippen molar-refractivity contribution in [1.29, 1.82) is 0 Å². The fraction of sp³-hybridized carbons (Fsp3) is 0.381. The van der Waals surface area contributed by atoms with Crippen molar-refractivity contribution in [2.24, 2.45) is 0 Å². The van der Waals surface area contributed by atoms with Gasteiger partial charge in [0.05, 0.1) is 0 Å². The van der Waals surface area contributed by atoms with Crippen LogP contribution in [0.1, 0.15) is 28.8 Å². The highest BCUT2D eigenvalue weighted by Crippen LogP contribution is 2.23. The summed E-state index contributed by atoms with van der Waals surface area (Å²) in [6.07, 6.45) is 4.52. The van der Waals surface area contributed by atoms with Gasteiger partial charge in [-0.05, 0) is 55.8 Å². The van der Waals surface area contributed by atoms with Gasteiger partial charge < -0.3 is 20.3 Å². The highest BCUT2D eigenvalue weighted by atomic mass is 16.5. The molecule has 1 aromatic heterocycles. The summed E-state index contributed by atoms with van der Waals surface area (Å²) in [5.74, 6) is -0.179. The van der Waals surface area contributed by atoms with E-state index in [0.29, 0.717) is 24.9 Å².